The molecule has 3 N–H and O–H groups in total. The fraction of sp³-hybridized carbons (Fsp3) is 0.357. The molecule has 6 nitrogen and oxygen atoms in total. The lowest BCUT2D eigenvalue weighted by molar-refractivity contribution is -0.119. The molecule has 0 aliphatic rings. The van der Waals surface area contributed by atoms with E-state index >= 15 is 0 Å². The molecule has 0 fully saturated rings. The summed E-state index contributed by atoms with van der Waals surface area (Å²) < 4.78 is 5.10. The van der Waals surface area contributed by atoms with Crippen LogP contribution in [0, 0.1) is 5.92 Å². The maximum atomic E-state index is 12.0. The van der Waals surface area contributed by atoms with Gasteiger partial charge in [0.2, 0.25) is 18.2 Å². The van der Waals surface area contributed by atoms with Crippen molar-refractivity contribution in [3.63, 3.8) is 0 Å². The molecule has 106 valence electrons. The summed E-state index contributed by atoms with van der Waals surface area (Å²) in [7, 11) is 0. The molecule has 0 aliphatic carbocycles. The van der Waals surface area contributed by atoms with Crippen molar-refractivity contribution in [1.82, 2.24) is 10.2 Å². The first-order valence-corrected chi connectivity index (χ1v) is 6.62. The Morgan fingerprint density at radius 3 is 2.70 bits per heavy atom. The van der Waals surface area contributed by atoms with Crippen LogP contribution < -0.4 is 11.1 Å². The third kappa shape index (κ3) is 3.42. The van der Waals surface area contributed by atoms with Crippen LogP contribution in [0.2, 0.25) is 0 Å². The first-order chi connectivity index (χ1) is 9.74. The van der Waals surface area contributed by atoms with E-state index in [9.17, 15) is 4.79 Å². The fourth-order valence-electron chi connectivity index (χ4n) is 1.94. The van der Waals surface area contributed by atoms with Gasteiger partial charge in [0, 0.05) is 17.8 Å². The van der Waals surface area contributed by atoms with Crippen molar-refractivity contribution in [2.75, 3.05) is 11.9 Å². The Morgan fingerprint density at radius 2 is 2.15 bits per heavy atom. The molecule has 0 bridgehead atoms. The largest absolute Gasteiger partial charge is 0.423 e. The van der Waals surface area contributed by atoms with Crippen LogP contribution in [0.5, 0.6) is 0 Å². The second-order valence-corrected chi connectivity index (χ2v) is 4.53. The summed E-state index contributed by atoms with van der Waals surface area (Å²) in [5, 5.41) is 10.3. The van der Waals surface area contributed by atoms with Gasteiger partial charge >= 0.3 is 0 Å². The smallest absolute Gasteiger partial charge is 0.247 e. The first-order valence-electron chi connectivity index (χ1n) is 6.62. The van der Waals surface area contributed by atoms with Gasteiger partial charge in [0.1, 0.15) is 0 Å². The highest BCUT2D eigenvalue weighted by molar-refractivity contribution is 5.92. The quantitative estimate of drug-likeness (QED) is 0.840. The second-order valence-electron chi connectivity index (χ2n) is 4.53. The van der Waals surface area contributed by atoms with E-state index in [0.717, 1.165) is 24.1 Å². The van der Waals surface area contributed by atoms with Crippen molar-refractivity contribution >= 4 is 11.6 Å². The standard InChI is InChI=1S/C14H18N4O2/c1-2-3-11(8-15)13(19)17-12-6-4-10(5-7-12)14-18-16-9-20-14/h4-7,9,11H,2-3,8,15H2,1H3,(H,17,19). The maximum absolute atomic E-state index is 12.0. The van der Waals surface area contributed by atoms with E-state index in [4.69, 9.17) is 10.2 Å². The molecular weight excluding hydrogens is 256 g/mol. The van der Waals surface area contributed by atoms with E-state index in [0.29, 0.717) is 12.4 Å². The average molecular weight is 274 g/mol. The summed E-state index contributed by atoms with van der Waals surface area (Å²) in [6, 6.07) is 7.24. The normalized spacial score (nSPS) is 12.1. The SMILES string of the molecule is CCCC(CN)C(=O)Nc1ccc(-c2nnco2)cc1. The zero-order chi connectivity index (χ0) is 14.4. The second kappa shape index (κ2) is 6.81. The Bertz CT molecular complexity index is 537. The Kier molecular flexibility index (Phi) is 4.84. The Balaban J connectivity index is 2.02. The van der Waals surface area contributed by atoms with Crippen LogP contribution in [0.1, 0.15) is 19.8 Å². The van der Waals surface area contributed by atoms with Crippen molar-refractivity contribution in [2.24, 2.45) is 11.7 Å². The summed E-state index contributed by atoms with van der Waals surface area (Å²) in [4.78, 5) is 12.0. The number of carbonyl (C=O) groups is 1. The first kappa shape index (κ1) is 14.2. The molecule has 0 radical (unpaired) electrons. The number of aromatic nitrogens is 2. The van der Waals surface area contributed by atoms with Gasteiger partial charge in [-0.1, -0.05) is 13.3 Å². The lowest BCUT2D eigenvalue weighted by Crippen LogP contribution is -2.29. The van der Waals surface area contributed by atoms with Crippen LogP contribution in [-0.4, -0.2) is 22.6 Å². The lowest BCUT2D eigenvalue weighted by Gasteiger charge is -2.13. The number of benzene rings is 1. The maximum Gasteiger partial charge on any atom is 0.247 e. The third-order valence-corrected chi connectivity index (χ3v) is 3.05. The van der Waals surface area contributed by atoms with Crippen LogP contribution in [0.3, 0.4) is 0 Å². The number of rotatable bonds is 6. The number of amides is 1. The van der Waals surface area contributed by atoms with Gasteiger partial charge in [-0.3, -0.25) is 4.79 Å². The number of hydrogen-bond donors (Lipinski definition) is 2. The van der Waals surface area contributed by atoms with Gasteiger partial charge in [0.05, 0.1) is 5.92 Å². The highest BCUT2D eigenvalue weighted by Gasteiger charge is 2.15. The monoisotopic (exact) mass is 274 g/mol. The molecule has 0 spiro atoms. The molecule has 1 unspecified atom stereocenters. The predicted molar refractivity (Wildman–Crippen MR) is 75.8 cm³/mol. The number of nitrogens with one attached hydrogen (secondary N) is 1. The fourth-order valence-corrected chi connectivity index (χ4v) is 1.94. The van der Waals surface area contributed by atoms with E-state index < -0.39 is 0 Å². The van der Waals surface area contributed by atoms with E-state index in [1.54, 1.807) is 12.1 Å². The summed E-state index contributed by atoms with van der Waals surface area (Å²) in [6.07, 6.45) is 3.01. The predicted octanol–water partition coefficient (Wildman–Crippen LogP) is 2.05. The van der Waals surface area contributed by atoms with E-state index in [2.05, 4.69) is 15.5 Å². The van der Waals surface area contributed by atoms with Crippen molar-refractivity contribution in [2.45, 2.75) is 19.8 Å². The molecule has 2 rings (SSSR count). The summed E-state index contributed by atoms with van der Waals surface area (Å²) in [6.45, 7) is 2.40. The van der Waals surface area contributed by atoms with Gasteiger partial charge < -0.3 is 15.5 Å². The molecule has 1 heterocycles. The molecule has 0 saturated heterocycles. The van der Waals surface area contributed by atoms with Crippen LogP contribution in [-0.2, 0) is 4.79 Å². The van der Waals surface area contributed by atoms with Gasteiger partial charge in [-0.25, -0.2) is 0 Å². The zero-order valence-electron chi connectivity index (χ0n) is 11.4. The Morgan fingerprint density at radius 1 is 1.40 bits per heavy atom. The minimum Gasteiger partial charge on any atom is -0.423 e. The highest BCUT2D eigenvalue weighted by atomic mass is 16.4. The number of carbonyl (C=O) groups excluding carboxylic acids is 1. The number of anilines is 1. The van der Waals surface area contributed by atoms with Crippen LogP contribution >= 0.6 is 0 Å². The molecule has 0 saturated carbocycles. The van der Waals surface area contributed by atoms with Crippen molar-refractivity contribution in [3.05, 3.63) is 30.7 Å². The average Bonchev–Trinajstić information content (AvgIpc) is 2.99. The summed E-state index contributed by atoms with van der Waals surface area (Å²) in [5.74, 6) is 0.268. The van der Waals surface area contributed by atoms with Crippen LogP contribution in [0.25, 0.3) is 11.5 Å². The van der Waals surface area contributed by atoms with Gasteiger partial charge in [-0.2, -0.15) is 0 Å². The lowest BCUT2D eigenvalue weighted by atomic mass is 10.0. The zero-order valence-corrected chi connectivity index (χ0v) is 11.4. The van der Waals surface area contributed by atoms with E-state index in [1.807, 2.05) is 19.1 Å². The topological polar surface area (TPSA) is 94.0 Å². The molecule has 2 aromatic rings. The third-order valence-electron chi connectivity index (χ3n) is 3.05. The minimum absolute atomic E-state index is 0.0418. The molecule has 6 heteroatoms. The summed E-state index contributed by atoms with van der Waals surface area (Å²) in [5.41, 5.74) is 7.15. The van der Waals surface area contributed by atoms with Gasteiger partial charge in [0.25, 0.3) is 0 Å². The molecule has 1 aromatic heterocycles. The van der Waals surface area contributed by atoms with Crippen molar-refractivity contribution in [1.29, 1.82) is 0 Å². The van der Waals surface area contributed by atoms with Crippen molar-refractivity contribution < 1.29 is 9.21 Å². The Hall–Kier alpha value is -2.21. The summed E-state index contributed by atoms with van der Waals surface area (Å²) >= 11 is 0. The number of nitrogens with zero attached hydrogens (tertiary/aromatic N) is 2. The Labute approximate surface area is 117 Å². The van der Waals surface area contributed by atoms with Crippen molar-refractivity contribution in [3.8, 4) is 11.5 Å². The number of hydrogen-bond acceptors (Lipinski definition) is 5. The molecule has 20 heavy (non-hydrogen) atoms. The van der Waals surface area contributed by atoms with Crippen LogP contribution in [0.4, 0.5) is 5.69 Å². The van der Waals surface area contributed by atoms with Crippen LogP contribution in [0.15, 0.2) is 35.1 Å². The van der Waals surface area contributed by atoms with E-state index in [-0.39, 0.29) is 11.8 Å². The van der Waals surface area contributed by atoms with Gasteiger partial charge in [0.15, 0.2) is 0 Å². The van der Waals surface area contributed by atoms with Gasteiger partial charge in [-0.15, -0.1) is 10.2 Å². The van der Waals surface area contributed by atoms with E-state index in [1.165, 1.54) is 6.39 Å². The molecular formula is C14H18N4O2. The number of nitrogens with two attached hydrogens (primary N) is 1. The molecule has 0 aliphatic heterocycles. The van der Waals surface area contributed by atoms with Gasteiger partial charge in [-0.05, 0) is 30.7 Å². The highest BCUT2D eigenvalue weighted by Crippen LogP contribution is 2.19. The molecule has 1 atom stereocenters. The molecule has 1 aromatic carbocycles. The minimum atomic E-state index is -0.143. The molecule has 1 amide bonds.